The van der Waals surface area contributed by atoms with Crippen molar-refractivity contribution in [3.05, 3.63) is 63.1 Å². The predicted molar refractivity (Wildman–Crippen MR) is 112 cm³/mol. The van der Waals surface area contributed by atoms with Crippen LogP contribution in [0.1, 0.15) is 30.0 Å². The van der Waals surface area contributed by atoms with Gasteiger partial charge in [0, 0.05) is 34.3 Å². The third-order valence-electron chi connectivity index (χ3n) is 5.16. The SMILES string of the molecule is CCC(=O)NCc1ccc(N2CC(c3cc(Cl)cc(Cl)c3)(C(F)(F)F)OC2=O)cc1C(F)(F)F. The number of carbonyl (C=O) groups is 2. The van der Waals surface area contributed by atoms with Gasteiger partial charge in [-0.25, -0.2) is 4.79 Å². The minimum Gasteiger partial charge on any atom is -0.426 e. The number of amides is 2. The van der Waals surface area contributed by atoms with Gasteiger partial charge in [-0.2, -0.15) is 26.3 Å². The van der Waals surface area contributed by atoms with E-state index in [-0.39, 0.29) is 22.0 Å². The number of hydrogen-bond acceptors (Lipinski definition) is 3. The first kappa shape index (κ1) is 26.0. The summed E-state index contributed by atoms with van der Waals surface area (Å²) < 4.78 is 88.2. The minimum atomic E-state index is -5.15. The second-order valence-electron chi connectivity index (χ2n) is 7.41. The van der Waals surface area contributed by atoms with Crippen LogP contribution in [-0.4, -0.2) is 24.7 Å². The van der Waals surface area contributed by atoms with Crippen molar-refractivity contribution in [2.75, 3.05) is 11.4 Å². The number of anilines is 1. The summed E-state index contributed by atoms with van der Waals surface area (Å²) in [7, 11) is 0. The Kier molecular flexibility index (Phi) is 7.01. The van der Waals surface area contributed by atoms with Crippen molar-refractivity contribution in [1.29, 1.82) is 0 Å². The number of cyclic esters (lactones) is 1. The topological polar surface area (TPSA) is 58.6 Å². The number of rotatable bonds is 5. The maximum atomic E-state index is 14.2. The molecule has 1 saturated heterocycles. The quantitative estimate of drug-likeness (QED) is 0.453. The number of alkyl halides is 6. The number of nitrogens with one attached hydrogen (secondary N) is 1. The van der Waals surface area contributed by atoms with E-state index in [0.29, 0.717) is 11.0 Å². The van der Waals surface area contributed by atoms with Gasteiger partial charge in [0.1, 0.15) is 0 Å². The van der Waals surface area contributed by atoms with Gasteiger partial charge in [-0.3, -0.25) is 9.69 Å². The summed E-state index contributed by atoms with van der Waals surface area (Å²) >= 11 is 11.6. The summed E-state index contributed by atoms with van der Waals surface area (Å²) in [4.78, 5) is 24.4. The molecule has 3 rings (SSSR count). The number of ether oxygens (including phenoxy) is 1. The van der Waals surface area contributed by atoms with Gasteiger partial charge < -0.3 is 10.1 Å². The van der Waals surface area contributed by atoms with Crippen molar-refractivity contribution in [3.8, 4) is 0 Å². The maximum absolute atomic E-state index is 14.2. The molecule has 1 heterocycles. The highest BCUT2D eigenvalue weighted by atomic mass is 35.5. The van der Waals surface area contributed by atoms with Crippen molar-refractivity contribution >= 4 is 40.9 Å². The van der Waals surface area contributed by atoms with Crippen LogP contribution >= 0.6 is 23.2 Å². The van der Waals surface area contributed by atoms with E-state index in [0.717, 1.165) is 24.3 Å². The molecule has 2 amide bonds. The summed E-state index contributed by atoms with van der Waals surface area (Å²) in [6, 6.07) is 5.56. The highest BCUT2D eigenvalue weighted by Crippen LogP contribution is 2.49. The molecule has 0 spiro atoms. The van der Waals surface area contributed by atoms with Crippen molar-refractivity contribution in [2.24, 2.45) is 0 Å². The van der Waals surface area contributed by atoms with Crippen LogP contribution in [0.25, 0.3) is 0 Å². The number of halogens is 8. The molecule has 34 heavy (non-hydrogen) atoms. The maximum Gasteiger partial charge on any atom is 0.434 e. The zero-order valence-corrected chi connectivity index (χ0v) is 18.8. The Bertz CT molecular complexity index is 1100. The van der Waals surface area contributed by atoms with Gasteiger partial charge in [-0.1, -0.05) is 36.2 Å². The largest absolute Gasteiger partial charge is 0.434 e. The molecule has 13 heteroatoms. The lowest BCUT2D eigenvalue weighted by Gasteiger charge is -2.30. The molecule has 1 aliphatic rings. The zero-order valence-electron chi connectivity index (χ0n) is 17.3. The van der Waals surface area contributed by atoms with Gasteiger partial charge in [0.25, 0.3) is 5.60 Å². The lowest BCUT2D eigenvalue weighted by Crippen LogP contribution is -2.46. The average Bonchev–Trinajstić information content (AvgIpc) is 3.09. The van der Waals surface area contributed by atoms with Crippen LogP contribution < -0.4 is 10.2 Å². The molecule has 1 fully saturated rings. The Balaban J connectivity index is 2.05. The highest BCUT2D eigenvalue weighted by Gasteiger charge is 2.65. The zero-order chi connectivity index (χ0) is 25.5. The number of carbonyl (C=O) groups excluding carboxylic acids is 2. The number of nitrogens with zero attached hydrogens (tertiary/aromatic N) is 1. The van der Waals surface area contributed by atoms with Gasteiger partial charge in [0.15, 0.2) is 0 Å². The molecule has 0 aliphatic carbocycles. The molecule has 5 nitrogen and oxygen atoms in total. The van der Waals surface area contributed by atoms with E-state index in [4.69, 9.17) is 27.9 Å². The van der Waals surface area contributed by atoms with Gasteiger partial charge >= 0.3 is 18.4 Å². The summed E-state index contributed by atoms with van der Waals surface area (Å²) in [5.74, 6) is -0.490. The molecule has 2 aromatic rings. The smallest absolute Gasteiger partial charge is 0.426 e. The summed E-state index contributed by atoms with van der Waals surface area (Å²) in [6.45, 7) is -0.114. The monoisotopic (exact) mass is 528 g/mol. The molecular formula is C21H16Cl2F6N2O3. The Morgan fingerprint density at radius 2 is 1.71 bits per heavy atom. The minimum absolute atomic E-state index is 0.0477. The van der Waals surface area contributed by atoms with Crippen LogP contribution in [0, 0.1) is 0 Å². The van der Waals surface area contributed by atoms with Crippen LogP contribution in [0.5, 0.6) is 0 Å². The third-order valence-corrected chi connectivity index (χ3v) is 5.59. The molecule has 184 valence electrons. The fourth-order valence-corrected chi connectivity index (χ4v) is 3.96. The van der Waals surface area contributed by atoms with E-state index in [1.807, 2.05) is 0 Å². The highest BCUT2D eigenvalue weighted by molar-refractivity contribution is 6.34. The summed E-state index contributed by atoms with van der Waals surface area (Å²) in [5, 5.41) is 2.00. The molecule has 0 saturated carbocycles. The van der Waals surface area contributed by atoms with Crippen LogP contribution in [0.15, 0.2) is 36.4 Å². The van der Waals surface area contributed by atoms with Gasteiger partial charge in [-0.15, -0.1) is 0 Å². The van der Waals surface area contributed by atoms with E-state index < -0.39 is 59.9 Å². The molecule has 1 atom stereocenters. The standard InChI is InChI=1S/C21H16Cl2F6N2O3/c1-2-17(32)30-9-11-3-4-15(8-16(11)20(24,25)26)31-10-19(21(27,28)29,34-18(31)33)12-5-13(22)7-14(23)6-12/h3-8H,2,9-10H2,1H3,(H,30,32). The fourth-order valence-electron chi connectivity index (χ4n) is 3.44. The molecule has 1 unspecified atom stereocenters. The Labute approximate surface area is 199 Å². The molecular weight excluding hydrogens is 513 g/mol. The first-order valence-electron chi connectivity index (χ1n) is 9.68. The van der Waals surface area contributed by atoms with E-state index in [1.165, 1.54) is 13.0 Å². The average molecular weight is 529 g/mol. The van der Waals surface area contributed by atoms with Crippen LogP contribution in [0.3, 0.4) is 0 Å². The number of benzene rings is 2. The van der Waals surface area contributed by atoms with Crippen molar-refractivity contribution in [3.63, 3.8) is 0 Å². The molecule has 1 N–H and O–H groups in total. The van der Waals surface area contributed by atoms with Crippen molar-refractivity contribution < 1.29 is 40.7 Å². The molecule has 0 aromatic heterocycles. The van der Waals surface area contributed by atoms with Gasteiger partial charge in [0.2, 0.25) is 5.91 Å². The fraction of sp³-hybridized carbons (Fsp3) is 0.333. The molecule has 0 bridgehead atoms. The summed E-state index contributed by atoms with van der Waals surface area (Å²) in [5.41, 5.74) is -5.81. The Hall–Kier alpha value is -2.66. The second kappa shape index (κ2) is 9.18. The van der Waals surface area contributed by atoms with E-state index in [2.05, 4.69) is 5.32 Å². The Morgan fingerprint density at radius 3 is 2.24 bits per heavy atom. The first-order valence-corrected chi connectivity index (χ1v) is 10.4. The van der Waals surface area contributed by atoms with Crippen LogP contribution in [-0.2, 0) is 27.9 Å². The number of hydrogen-bond donors (Lipinski definition) is 1. The van der Waals surface area contributed by atoms with E-state index >= 15 is 0 Å². The predicted octanol–water partition coefficient (Wildman–Crippen LogP) is 6.45. The second-order valence-corrected chi connectivity index (χ2v) is 8.28. The normalized spacial score (nSPS) is 18.7. The lowest BCUT2D eigenvalue weighted by atomic mass is 9.92. The van der Waals surface area contributed by atoms with Crippen LogP contribution in [0.2, 0.25) is 10.0 Å². The molecule has 2 aromatic carbocycles. The van der Waals surface area contributed by atoms with Crippen molar-refractivity contribution in [2.45, 2.75) is 37.8 Å². The third kappa shape index (κ3) is 5.05. The lowest BCUT2D eigenvalue weighted by molar-refractivity contribution is -0.250. The Morgan fingerprint density at radius 1 is 1.09 bits per heavy atom. The van der Waals surface area contributed by atoms with Gasteiger partial charge in [0.05, 0.1) is 12.1 Å². The van der Waals surface area contributed by atoms with Crippen molar-refractivity contribution in [1.82, 2.24) is 5.32 Å². The van der Waals surface area contributed by atoms with Crippen LogP contribution in [0.4, 0.5) is 36.8 Å². The summed E-state index contributed by atoms with van der Waals surface area (Å²) in [6.07, 6.45) is -11.5. The molecule has 1 aliphatic heterocycles. The van der Waals surface area contributed by atoms with E-state index in [1.54, 1.807) is 0 Å². The molecule has 0 radical (unpaired) electrons. The van der Waals surface area contributed by atoms with E-state index in [9.17, 15) is 35.9 Å². The van der Waals surface area contributed by atoms with Gasteiger partial charge in [-0.05, 0) is 35.9 Å². The first-order chi connectivity index (χ1) is 15.7.